The number of aromatic nitrogens is 3. The van der Waals surface area contributed by atoms with Gasteiger partial charge in [0.1, 0.15) is 5.82 Å². The maximum absolute atomic E-state index is 15.0. The molecular formula is C27H18F4N4O2. The summed E-state index contributed by atoms with van der Waals surface area (Å²) >= 11 is 0. The van der Waals surface area contributed by atoms with Gasteiger partial charge in [0.25, 0.3) is 5.91 Å². The quantitative estimate of drug-likeness (QED) is 0.288. The Kier molecular flexibility index (Phi) is 6.18. The number of halogens is 4. The molecule has 0 radical (unpaired) electrons. The number of carbonyl (C=O) groups excluding carboxylic acids is 1. The highest BCUT2D eigenvalue weighted by Crippen LogP contribution is 2.38. The van der Waals surface area contributed by atoms with Crippen LogP contribution in [0.5, 0.6) is 0 Å². The zero-order chi connectivity index (χ0) is 26.2. The summed E-state index contributed by atoms with van der Waals surface area (Å²) in [5.41, 5.74) is -0.126. The maximum Gasteiger partial charge on any atom is 0.417 e. The summed E-state index contributed by atoms with van der Waals surface area (Å²) in [5, 5.41) is 12.3. The van der Waals surface area contributed by atoms with Crippen molar-refractivity contribution in [2.75, 3.05) is 5.32 Å². The molecule has 6 nitrogen and oxygen atoms in total. The van der Waals surface area contributed by atoms with Crippen LogP contribution in [0, 0.1) is 5.82 Å². The van der Waals surface area contributed by atoms with Gasteiger partial charge < -0.3 is 10.4 Å². The zero-order valence-corrected chi connectivity index (χ0v) is 19.0. The molecule has 186 valence electrons. The third-order valence-corrected chi connectivity index (χ3v) is 5.84. The molecule has 0 unspecified atom stereocenters. The van der Waals surface area contributed by atoms with Crippen LogP contribution in [0.15, 0.2) is 85.3 Å². The van der Waals surface area contributed by atoms with E-state index in [-0.39, 0.29) is 23.6 Å². The highest BCUT2D eigenvalue weighted by atomic mass is 19.4. The van der Waals surface area contributed by atoms with Crippen molar-refractivity contribution in [3.8, 4) is 22.4 Å². The number of amides is 1. The lowest BCUT2D eigenvalue weighted by molar-refractivity contribution is -0.137. The molecule has 3 heterocycles. The van der Waals surface area contributed by atoms with Gasteiger partial charge in [0, 0.05) is 23.5 Å². The third kappa shape index (κ3) is 4.54. The molecule has 0 bridgehead atoms. The number of nitrogens with one attached hydrogen (secondary N) is 1. The monoisotopic (exact) mass is 506 g/mol. The van der Waals surface area contributed by atoms with Crippen LogP contribution >= 0.6 is 0 Å². The first kappa shape index (κ1) is 24.1. The van der Waals surface area contributed by atoms with Gasteiger partial charge in [0.2, 0.25) is 0 Å². The van der Waals surface area contributed by atoms with Crippen molar-refractivity contribution in [2.24, 2.45) is 0 Å². The Morgan fingerprint density at radius 2 is 1.73 bits per heavy atom. The van der Waals surface area contributed by atoms with E-state index < -0.39 is 34.6 Å². The molecule has 0 saturated carbocycles. The minimum absolute atomic E-state index is 0.0585. The predicted molar refractivity (Wildman–Crippen MR) is 129 cm³/mol. The molecule has 0 aliphatic carbocycles. The van der Waals surface area contributed by atoms with Crippen LogP contribution in [0.3, 0.4) is 0 Å². The number of imidazole rings is 1. The summed E-state index contributed by atoms with van der Waals surface area (Å²) in [6, 6.07) is 16.2. The van der Waals surface area contributed by atoms with E-state index in [1.165, 1.54) is 30.6 Å². The van der Waals surface area contributed by atoms with Gasteiger partial charge in [0.05, 0.1) is 41.0 Å². The normalized spacial score (nSPS) is 11.6. The molecule has 1 amide bonds. The van der Waals surface area contributed by atoms with E-state index in [1.54, 1.807) is 40.9 Å². The highest BCUT2D eigenvalue weighted by molar-refractivity contribution is 6.09. The Bertz CT molecular complexity index is 1600. The van der Waals surface area contributed by atoms with Crippen molar-refractivity contribution in [3.05, 3.63) is 108 Å². The van der Waals surface area contributed by atoms with E-state index in [4.69, 9.17) is 0 Å². The second kappa shape index (κ2) is 9.47. The van der Waals surface area contributed by atoms with Gasteiger partial charge in [-0.05, 0) is 35.9 Å². The summed E-state index contributed by atoms with van der Waals surface area (Å²) in [6.07, 6.45) is -0.463. The van der Waals surface area contributed by atoms with E-state index in [1.807, 2.05) is 6.07 Å². The lowest BCUT2D eigenvalue weighted by Gasteiger charge is -2.17. The maximum atomic E-state index is 15.0. The summed E-state index contributed by atoms with van der Waals surface area (Å²) in [5.74, 6) is -2.31. The number of pyridine rings is 2. The van der Waals surface area contributed by atoms with Crippen molar-refractivity contribution >= 4 is 17.2 Å². The first-order valence-corrected chi connectivity index (χ1v) is 11.1. The zero-order valence-electron chi connectivity index (χ0n) is 19.0. The summed E-state index contributed by atoms with van der Waals surface area (Å²) < 4.78 is 57.7. The molecule has 0 atom stereocenters. The number of nitrogens with zero attached hydrogens (tertiary/aromatic N) is 3. The van der Waals surface area contributed by atoms with Gasteiger partial charge in [-0.15, -0.1) is 0 Å². The number of aliphatic hydroxyl groups is 1. The molecular weight excluding hydrogens is 488 g/mol. The molecule has 5 aromatic rings. The Balaban J connectivity index is 1.65. The van der Waals surface area contributed by atoms with Gasteiger partial charge in [-0.1, -0.05) is 36.4 Å². The fourth-order valence-corrected chi connectivity index (χ4v) is 4.10. The third-order valence-electron chi connectivity index (χ3n) is 5.84. The summed E-state index contributed by atoms with van der Waals surface area (Å²) in [4.78, 5) is 21.6. The van der Waals surface area contributed by atoms with Crippen molar-refractivity contribution in [3.63, 3.8) is 0 Å². The molecule has 0 fully saturated rings. The second-order valence-electron chi connectivity index (χ2n) is 8.12. The lowest BCUT2D eigenvalue weighted by Crippen LogP contribution is -2.18. The molecule has 3 aromatic heterocycles. The van der Waals surface area contributed by atoms with E-state index in [0.29, 0.717) is 17.3 Å². The smallest absolute Gasteiger partial charge is 0.390 e. The second-order valence-corrected chi connectivity index (χ2v) is 8.12. The van der Waals surface area contributed by atoms with Gasteiger partial charge in [-0.2, -0.15) is 13.2 Å². The fourth-order valence-electron chi connectivity index (χ4n) is 4.10. The highest BCUT2D eigenvalue weighted by Gasteiger charge is 2.36. The van der Waals surface area contributed by atoms with E-state index >= 15 is 0 Å². The number of rotatable bonds is 5. The van der Waals surface area contributed by atoms with Gasteiger partial charge in [-0.3, -0.25) is 14.2 Å². The minimum atomic E-state index is -4.87. The first-order valence-electron chi connectivity index (χ1n) is 11.1. The number of alkyl halides is 3. The SMILES string of the molecule is O=C(Nc1c(-c2ccccc2)ccn2c(CO)cnc12)c1cc(-c2ccccn2)c(C(F)(F)F)cc1F. The van der Waals surface area contributed by atoms with Crippen LogP contribution in [0.25, 0.3) is 28.0 Å². The van der Waals surface area contributed by atoms with E-state index in [0.717, 1.165) is 11.6 Å². The largest absolute Gasteiger partial charge is 0.417 e. The average molecular weight is 506 g/mol. The lowest BCUT2D eigenvalue weighted by atomic mass is 9.99. The number of fused-ring (bicyclic) bond motifs is 1. The number of hydrogen-bond acceptors (Lipinski definition) is 4. The predicted octanol–water partition coefficient (Wildman–Crippen LogP) is 5.97. The fraction of sp³-hybridized carbons (Fsp3) is 0.0741. The van der Waals surface area contributed by atoms with Crippen molar-refractivity contribution in [1.82, 2.24) is 14.4 Å². The van der Waals surface area contributed by atoms with E-state index in [9.17, 15) is 27.5 Å². The molecule has 0 saturated heterocycles. The van der Waals surface area contributed by atoms with Crippen LogP contribution in [0.4, 0.5) is 23.2 Å². The van der Waals surface area contributed by atoms with Crippen LogP contribution in [-0.4, -0.2) is 25.4 Å². The molecule has 37 heavy (non-hydrogen) atoms. The molecule has 0 aliphatic heterocycles. The van der Waals surface area contributed by atoms with Crippen molar-refractivity contribution in [1.29, 1.82) is 0 Å². The average Bonchev–Trinajstić information content (AvgIpc) is 3.33. The van der Waals surface area contributed by atoms with Crippen LogP contribution < -0.4 is 5.32 Å². The van der Waals surface area contributed by atoms with Crippen LogP contribution in [0.2, 0.25) is 0 Å². The number of carbonyl (C=O) groups is 1. The standard InChI is InChI=1S/C27H18F4N4O2/c28-22-13-21(27(29,30)31)19(23-8-4-5-10-32-23)12-20(22)26(37)34-24-18(16-6-2-1-3-7-16)9-11-35-17(15-36)14-33-25(24)35/h1-14,36H,15H2,(H,34,37). The molecule has 0 spiro atoms. The Labute approximate surface area is 207 Å². The number of aliphatic hydroxyl groups excluding tert-OH is 1. The van der Waals surface area contributed by atoms with E-state index in [2.05, 4.69) is 15.3 Å². The Morgan fingerprint density at radius 1 is 0.973 bits per heavy atom. The van der Waals surface area contributed by atoms with Crippen molar-refractivity contribution in [2.45, 2.75) is 12.8 Å². The summed E-state index contributed by atoms with van der Waals surface area (Å²) in [7, 11) is 0. The molecule has 2 N–H and O–H groups in total. The van der Waals surface area contributed by atoms with Crippen LogP contribution in [0.1, 0.15) is 21.6 Å². The number of anilines is 1. The van der Waals surface area contributed by atoms with Crippen molar-refractivity contribution < 1.29 is 27.5 Å². The topological polar surface area (TPSA) is 79.5 Å². The summed E-state index contributed by atoms with van der Waals surface area (Å²) in [6.45, 7) is -0.319. The van der Waals surface area contributed by atoms with Gasteiger partial charge in [0.15, 0.2) is 5.65 Å². The van der Waals surface area contributed by atoms with Gasteiger partial charge in [-0.25, -0.2) is 9.37 Å². The molecule has 10 heteroatoms. The first-order chi connectivity index (χ1) is 17.8. The molecule has 2 aromatic carbocycles. The number of hydrogen-bond donors (Lipinski definition) is 2. The minimum Gasteiger partial charge on any atom is -0.390 e. The number of benzene rings is 2. The molecule has 5 rings (SSSR count). The Hall–Kier alpha value is -4.57. The van der Waals surface area contributed by atoms with Crippen LogP contribution in [-0.2, 0) is 12.8 Å². The molecule has 0 aliphatic rings. The Morgan fingerprint density at radius 3 is 2.41 bits per heavy atom. The van der Waals surface area contributed by atoms with Gasteiger partial charge >= 0.3 is 6.18 Å².